The Hall–Kier alpha value is -0.780. The molecule has 1 aromatic rings. The van der Waals surface area contributed by atoms with Crippen LogP contribution in [0.1, 0.15) is 25.8 Å². The minimum Gasteiger partial charge on any atom is -0.493 e. The van der Waals surface area contributed by atoms with Crippen molar-refractivity contribution in [1.29, 1.82) is 0 Å². The molecular weight excluding hydrogens is 310 g/mol. The highest BCUT2D eigenvalue weighted by Gasteiger charge is 2.21. The molecule has 0 aliphatic heterocycles. The van der Waals surface area contributed by atoms with Gasteiger partial charge in [-0.1, -0.05) is 6.92 Å². The van der Waals surface area contributed by atoms with Gasteiger partial charge in [-0.2, -0.15) is 0 Å². The van der Waals surface area contributed by atoms with Gasteiger partial charge in [-0.25, -0.2) is 0 Å². The van der Waals surface area contributed by atoms with Gasteiger partial charge in [-0.15, -0.1) is 0 Å². The predicted molar refractivity (Wildman–Crippen MR) is 79.9 cm³/mol. The van der Waals surface area contributed by atoms with Crippen molar-refractivity contribution < 1.29 is 14.6 Å². The minimum atomic E-state index is -0.839. The lowest BCUT2D eigenvalue weighted by Gasteiger charge is -2.23. The van der Waals surface area contributed by atoms with Gasteiger partial charge in [-0.05, 0) is 54.0 Å². The number of benzene rings is 1. The highest BCUT2D eigenvalue weighted by atomic mass is 79.9. The van der Waals surface area contributed by atoms with E-state index in [-0.39, 0.29) is 6.61 Å². The van der Waals surface area contributed by atoms with Crippen molar-refractivity contribution in [3.63, 3.8) is 0 Å². The van der Waals surface area contributed by atoms with E-state index < -0.39 is 5.60 Å². The van der Waals surface area contributed by atoms with Gasteiger partial charge in [0.05, 0.1) is 17.2 Å². The number of aliphatic hydroxyl groups is 1. The van der Waals surface area contributed by atoms with E-state index in [9.17, 15) is 5.11 Å². The summed E-state index contributed by atoms with van der Waals surface area (Å²) in [5.74, 6) is 1.28. The van der Waals surface area contributed by atoms with E-state index in [1.165, 1.54) is 0 Å². The molecule has 2 N–H and O–H groups in total. The molecule has 19 heavy (non-hydrogen) atoms. The Morgan fingerprint density at radius 3 is 2.63 bits per heavy atom. The highest BCUT2D eigenvalue weighted by Crippen LogP contribution is 2.37. The molecule has 1 atom stereocenters. The molecule has 0 aliphatic carbocycles. The Kier molecular flexibility index (Phi) is 6.10. The Labute approximate surface area is 123 Å². The molecule has 0 radical (unpaired) electrons. The van der Waals surface area contributed by atoms with Crippen molar-refractivity contribution >= 4 is 15.9 Å². The molecule has 0 aliphatic rings. The Morgan fingerprint density at radius 1 is 1.42 bits per heavy atom. The van der Waals surface area contributed by atoms with Gasteiger partial charge in [-0.3, -0.25) is 0 Å². The summed E-state index contributed by atoms with van der Waals surface area (Å²) in [5.41, 5.74) is 0.259. The fourth-order valence-corrected chi connectivity index (χ4v) is 2.15. The van der Waals surface area contributed by atoms with Gasteiger partial charge >= 0.3 is 0 Å². The number of methoxy groups -OCH3 is 1. The maximum Gasteiger partial charge on any atom is 0.175 e. The SMILES string of the molecule is CCC(C)(O)COc1c(Br)cc(CNC)cc1OC. The summed E-state index contributed by atoms with van der Waals surface area (Å²) in [5, 5.41) is 13.1. The zero-order valence-corrected chi connectivity index (χ0v) is 13.5. The normalized spacial score (nSPS) is 14.0. The number of halogens is 1. The van der Waals surface area contributed by atoms with Gasteiger partial charge in [0.2, 0.25) is 0 Å². The topological polar surface area (TPSA) is 50.7 Å². The van der Waals surface area contributed by atoms with Crippen molar-refractivity contribution in [2.24, 2.45) is 0 Å². The van der Waals surface area contributed by atoms with Crippen molar-refractivity contribution in [1.82, 2.24) is 5.32 Å². The molecule has 1 rings (SSSR count). The first kappa shape index (κ1) is 16.3. The summed E-state index contributed by atoms with van der Waals surface area (Å²) in [6, 6.07) is 3.91. The van der Waals surface area contributed by atoms with Crippen LogP contribution in [-0.2, 0) is 6.54 Å². The molecule has 0 fully saturated rings. The van der Waals surface area contributed by atoms with Gasteiger partial charge in [0, 0.05) is 6.54 Å². The Bertz CT molecular complexity index is 421. The first-order valence-corrected chi connectivity index (χ1v) is 7.09. The standard InChI is InChI=1S/C14H22BrNO3/c1-5-14(2,17)9-19-13-11(15)6-10(8-16-3)7-12(13)18-4/h6-7,16-17H,5,8-9H2,1-4H3. The second-order valence-electron chi connectivity index (χ2n) is 4.78. The Morgan fingerprint density at radius 2 is 2.11 bits per heavy atom. The van der Waals surface area contributed by atoms with E-state index in [4.69, 9.17) is 9.47 Å². The van der Waals surface area contributed by atoms with Crippen molar-refractivity contribution in [2.75, 3.05) is 20.8 Å². The van der Waals surface area contributed by atoms with E-state index in [1.807, 2.05) is 26.1 Å². The summed E-state index contributed by atoms with van der Waals surface area (Å²) >= 11 is 3.48. The third-order valence-corrected chi connectivity index (χ3v) is 3.55. The summed E-state index contributed by atoms with van der Waals surface area (Å²) < 4.78 is 11.9. The maximum absolute atomic E-state index is 9.99. The number of nitrogens with one attached hydrogen (secondary N) is 1. The van der Waals surface area contributed by atoms with Crippen LogP contribution in [0, 0.1) is 0 Å². The lowest BCUT2D eigenvalue weighted by Crippen LogP contribution is -2.31. The zero-order chi connectivity index (χ0) is 14.5. The van der Waals surface area contributed by atoms with Crippen LogP contribution in [0.5, 0.6) is 11.5 Å². The lowest BCUT2D eigenvalue weighted by atomic mass is 10.1. The molecule has 1 aromatic carbocycles. The van der Waals surface area contributed by atoms with E-state index >= 15 is 0 Å². The molecule has 0 saturated heterocycles. The summed E-state index contributed by atoms with van der Waals surface area (Å²) in [4.78, 5) is 0. The third-order valence-electron chi connectivity index (χ3n) is 2.96. The summed E-state index contributed by atoms with van der Waals surface area (Å²) in [6.07, 6.45) is 0.630. The van der Waals surface area contributed by atoms with Crippen molar-refractivity contribution in [2.45, 2.75) is 32.4 Å². The van der Waals surface area contributed by atoms with Crippen molar-refractivity contribution in [3.05, 3.63) is 22.2 Å². The number of rotatable bonds is 7. The highest BCUT2D eigenvalue weighted by molar-refractivity contribution is 9.10. The average molecular weight is 332 g/mol. The molecule has 0 bridgehead atoms. The summed E-state index contributed by atoms with van der Waals surface area (Å²) in [6.45, 7) is 4.65. The average Bonchev–Trinajstić information content (AvgIpc) is 2.37. The molecule has 0 spiro atoms. The van der Waals surface area contributed by atoms with Crippen LogP contribution in [0.4, 0.5) is 0 Å². The number of hydrogen-bond donors (Lipinski definition) is 2. The number of hydrogen-bond acceptors (Lipinski definition) is 4. The molecule has 4 nitrogen and oxygen atoms in total. The van der Waals surface area contributed by atoms with Gasteiger partial charge < -0.3 is 19.9 Å². The predicted octanol–water partition coefficient (Wildman–Crippen LogP) is 2.72. The minimum absolute atomic E-state index is 0.226. The fourth-order valence-electron chi connectivity index (χ4n) is 1.55. The number of ether oxygens (including phenoxy) is 2. The molecule has 108 valence electrons. The molecule has 0 amide bonds. The third kappa shape index (κ3) is 4.67. The lowest BCUT2D eigenvalue weighted by molar-refractivity contribution is 0.00750. The zero-order valence-electron chi connectivity index (χ0n) is 11.9. The molecule has 0 aromatic heterocycles. The molecule has 5 heteroatoms. The van der Waals surface area contributed by atoms with Crippen LogP contribution in [0.3, 0.4) is 0 Å². The van der Waals surface area contributed by atoms with Crippen LogP contribution in [0.25, 0.3) is 0 Å². The monoisotopic (exact) mass is 331 g/mol. The van der Waals surface area contributed by atoms with Crippen LogP contribution < -0.4 is 14.8 Å². The largest absolute Gasteiger partial charge is 0.493 e. The quantitative estimate of drug-likeness (QED) is 0.806. The fraction of sp³-hybridized carbons (Fsp3) is 0.571. The second kappa shape index (κ2) is 7.12. The Balaban J connectivity index is 2.94. The van der Waals surface area contributed by atoms with Crippen LogP contribution >= 0.6 is 15.9 Å². The van der Waals surface area contributed by atoms with E-state index in [2.05, 4.69) is 21.2 Å². The van der Waals surface area contributed by atoms with Crippen molar-refractivity contribution in [3.8, 4) is 11.5 Å². The second-order valence-corrected chi connectivity index (χ2v) is 5.63. The van der Waals surface area contributed by atoms with E-state index in [1.54, 1.807) is 14.0 Å². The van der Waals surface area contributed by atoms with Crippen LogP contribution in [0.2, 0.25) is 0 Å². The first-order chi connectivity index (χ1) is 8.93. The van der Waals surface area contributed by atoms with Crippen LogP contribution in [0.15, 0.2) is 16.6 Å². The van der Waals surface area contributed by atoms with Crippen LogP contribution in [-0.4, -0.2) is 31.5 Å². The smallest absolute Gasteiger partial charge is 0.175 e. The first-order valence-electron chi connectivity index (χ1n) is 6.29. The molecule has 0 heterocycles. The van der Waals surface area contributed by atoms with Gasteiger partial charge in [0.1, 0.15) is 6.61 Å². The molecular formula is C14H22BrNO3. The van der Waals surface area contributed by atoms with Gasteiger partial charge in [0.25, 0.3) is 0 Å². The van der Waals surface area contributed by atoms with Gasteiger partial charge in [0.15, 0.2) is 11.5 Å². The van der Waals surface area contributed by atoms with E-state index in [0.717, 1.165) is 16.6 Å². The molecule has 0 saturated carbocycles. The van der Waals surface area contributed by atoms with E-state index in [0.29, 0.717) is 17.9 Å². The maximum atomic E-state index is 9.99. The summed E-state index contributed by atoms with van der Waals surface area (Å²) in [7, 11) is 3.50. The molecule has 1 unspecified atom stereocenters.